The van der Waals surface area contributed by atoms with Crippen molar-refractivity contribution in [1.82, 2.24) is 5.32 Å². The molecule has 0 saturated heterocycles. The molecular formula is C13H20N2O2. The monoisotopic (exact) mass is 236 g/mol. The van der Waals surface area contributed by atoms with Crippen molar-refractivity contribution in [2.24, 2.45) is 5.73 Å². The Labute approximate surface area is 102 Å². The van der Waals surface area contributed by atoms with Crippen LogP contribution in [0.25, 0.3) is 0 Å². The highest BCUT2D eigenvalue weighted by Gasteiger charge is 2.05. The van der Waals surface area contributed by atoms with Crippen molar-refractivity contribution in [2.45, 2.75) is 32.9 Å². The van der Waals surface area contributed by atoms with Gasteiger partial charge < -0.3 is 15.8 Å². The number of carbonyl (C=O) groups excluding carboxylic acids is 1. The maximum absolute atomic E-state index is 10.7. The Bertz CT molecular complexity index is 366. The molecule has 0 bridgehead atoms. The zero-order chi connectivity index (χ0) is 12.7. The number of rotatable bonds is 7. The molecule has 94 valence electrons. The zero-order valence-corrected chi connectivity index (χ0v) is 10.4. The number of hydrogen-bond donors (Lipinski definition) is 2. The second kappa shape index (κ2) is 6.91. The fourth-order valence-corrected chi connectivity index (χ4v) is 1.58. The Morgan fingerprint density at radius 3 is 2.94 bits per heavy atom. The second-order valence-corrected chi connectivity index (χ2v) is 4.03. The fourth-order valence-electron chi connectivity index (χ4n) is 1.58. The number of nitrogens with two attached hydrogens (primary N) is 1. The number of amides is 1. The first-order chi connectivity index (χ1) is 8.11. The maximum Gasteiger partial charge on any atom is 0.218 e. The lowest BCUT2D eigenvalue weighted by atomic mass is 10.2. The molecule has 0 radical (unpaired) electrons. The molecule has 1 aromatic carbocycles. The van der Waals surface area contributed by atoms with E-state index in [2.05, 4.69) is 5.32 Å². The van der Waals surface area contributed by atoms with Gasteiger partial charge in [-0.15, -0.1) is 0 Å². The summed E-state index contributed by atoms with van der Waals surface area (Å²) in [6.07, 6.45) is 0.352. The van der Waals surface area contributed by atoms with Crippen LogP contribution in [0.2, 0.25) is 0 Å². The van der Waals surface area contributed by atoms with Gasteiger partial charge >= 0.3 is 0 Å². The Morgan fingerprint density at radius 2 is 2.29 bits per heavy atom. The molecule has 0 fully saturated rings. The van der Waals surface area contributed by atoms with Gasteiger partial charge in [0.05, 0.1) is 6.61 Å². The molecular weight excluding hydrogens is 216 g/mol. The highest BCUT2D eigenvalue weighted by atomic mass is 16.5. The van der Waals surface area contributed by atoms with E-state index in [0.29, 0.717) is 19.6 Å². The average molecular weight is 236 g/mol. The number of ether oxygens (including phenoxy) is 1. The van der Waals surface area contributed by atoms with Crippen molar-refractivity contribution in [3.8, 4) is 5.75 Å². The van der Waals surface area contributed by atoms with E-state index in [9.17, 15) is 4.79 Å². The lowest BCUT2D eigenvalue weighted by Crippen LogP contribution is -2.30. The van der Waals surface area contributed by atoms with E-state index in [1.165, 1.54) is 0 Å². The number of primary amides is 1. The van der Waals surface area contributed by atoms with Gasteiger partial charge in [-0.2, -0.15) is 0 Å². The number of nitrogens with one attached hydrogen (secondary N) is 1. The van der Waals surface area contributed by atoms with Crippen LogP contribution in [-0.2, 0) is 11.3 Å². The molecule has 0 heterocycles. The van der Waals surface area contributed by atoms with Crippen LogP contribution in [0.5, 0.6) is 5.75 Å². The Hall–Kier alpha value is -1.55. The van der Waals surface area contributed by atoms with Gasteiger partial charge in [0.1, 0.15) is 5.75 Å². The van der Waals surface area contributed by atoms with Gasteiger partial charge in [-0.1, -0.05) is 12.1 Å². The summed E-state index contributed by atoms with van der Waals surface area (Å²) in [5, 5.41) is 3.24. The summed E-state index contributed by atoms with van der Waals surface area (Å²) >= 11 is 0. The van der Waals surface area contributed by atoms with Crippen molar-refractivity contribution in [1.29, 1.82) is 0 Å². The first-order valence-corrected chi connectivity index (χ1v) is 5.85. The molecule has 1 atom stereocenters. The van der Waals surface area contributed by atoms with E-state index in [1.54, 1.807) is 0 Å². The molecule has 1 unspecified atom stereocenters. The van der Waals surface area contributed by atoms with Crippen LogP contribution in [0, 0.1) is 0 Å². The smallest absolute Gasteiger partial charge is 0.218 e. The minimum atomic E-state index is -0.284. The summed E-state index contributed by atoms with van der Waals surface area (Å²) in [4.78, 5) is 10.7. The van der Waals surface area contributed by atoms with Gasteiger partial charge in [-0.3, -0.25) is 4.79 Å². The van der Waals surface area contributed by atoms with Gasteiger partial charge in [0.25, 0.3) is 0 Å². The Morgan fingerprint density at radius 1 is 1.53 bits per heavy atom. The van der Waals surface area contributed by atoms with Crippen molar-refractivity contribution in [2.75, 3.05) is 6.61 Å². The third-order valence-electron chi connectivity index (χ3n) is 2.37. The third kappa shape index (κ3) is 5.36. The van der Waals surface area contributed by atoms with Crippen molar-refractivity contribution < 1.29 is 9.53 Å². The first kappa shape index (κ1) is 13.5. The third-order valence-corrected chi connectivity index (χ3v) is 2.37. The summed E-state index contributed by atoms with van der Waals surface area (Å²) in [7, 11) is 0. The van der Waals surface area contributed by atoms with Gasteiger partial charge in [0.2, 0.25) is 5.91 Å². The minimum absolute atomic E-state index is 0.0863. The largest absolute Gasteiger partial charge is 0.494 e. The molecule has 4 nitrogen and oxygen atoms in total. The lowest BCUT2D eigenvalue weighted by Gasteiger charge is -2.12. The predicted octanol–water partition coefficient (Wildman–Crippen LogP) is 1.44. The second-order valence-electron chi connectivity index (χ2n) is 4.03. The number of benzene rings is 1. The molecule has 4 heteroatoms. The lowest BCUT2D eigenvalue weighted by molar-refractivity contribution is -0.118. The zero-order valence-electron chi connectivity index (χ0n) is 10.4. The van der Waals surface area contributed by atoms with Gasteiger partial charge in [0.15, 0.2) is 0 Å². The highest BCUT2D eigenvalue weighted by Crippen LogP contribution is 2.13. The predicted molar refractivity (Wildman–Crippen MR) is 67.7 cm³/mol. The van der Waals surface area contributed by atoms with Crippen LogP contribution in [-0.4, -0.2) is 18.6 Å². The standard InChI is InChI=1S/C13H20N2O2/c1-3-17-12-6-4-5-11(8-12)9-15-10(2)7-13(14)16/h4-6,8,10,15H,3,7,9H2,1-2H3,(H2,14,16). The summed E-state index contributed by atoms with van der Waals surface area (Å²) in [6.45, 7) is 5.27. The van der Waals surface area contributed by atoms with Crippen molar-refractivity contribution >= 4 is 5.91 Å². The van der Waals surface area contributed by atoms with Crippen LogP contribution >= 0.6 is 0 Å². The Kier molecular flexibility index (Phi) is 5.49. The van der Waals surface area contributed by atoms with Crippen LogP contribution in [0.4, 0.5) is 0 Å². The van der Waals surface area contributed by atoms with E-state index in [0.717, 1.165) is 11.3 Å². The molecule has 1 aromatic rings. The molecule has 0 aliphatic carbocycles. The van der Waals surface area contributed by atoms with Crippen molar-refractivity contribution in [3.63, 3.8) is 0 Å². The molecule has 0 spiro atoms. The maximum atomic E-state index is 10.7. The summed E-state index contributed by atoms with van der Waals surface area (Å²) in [6, 6.07) is 7.99. The first-order valence-electron chi connectivity index (χ1n) is 5.85. The number of carbonyl (C=O) groups is 1. The summed E-state index contributed by atoms with van der Waals surface area (Å²) in [5.74, 6) is 0.586. The van der Waals surface area contributed by atoms with E-state index < -0.39 is 0 Å². The van der Waals surface area contributed by atoms with E-state index >= 15 is 0 Å². The van der Waals surface area contributed by atoms with E-state index in [1.807, 2.05) is 38.1 Å². The molecule has 0 aliphatic heterocycles. The van der Waals surface area contributed by atoms with Gasteiger partial charge in [0, 0.05) is 19.0 Å². The quantitative estimate of drug-likeness (QED) is 0.753. The number of hydrogen-bond acceptors (Lipinski definition) is 3. The van der Waals surface area contributed by atoms with Crippen LogP contribution in [0.3, 0.4) is 0 Å². The van der Waals surface area contributed by atoms with Crippen LogP contribution in [0.1, 0.15) is 25.8 Å². The molecule has 0 saturated carbocycles. The summed E-state index contributed by atoms with van der Waals surface area (Å²) in [5.41, 5.74) is 6.26. The minimum Gasteiger partial charge on any atom is -0.494 e. The van der Waals surface area contributed by atoms with Crippen LogP contribution in [0.15, 0.2) is 24.3 Å². The summed E-state index contributed by atoms with van der Waals surface area (Å²) < 4.78 is 5.42. The van der Waals surface area contributed by atoms with Gasteiger partial charge in [-0.05, 0) is 31.5 Å². The van der Waals surface area contributed by atoms with E-state index in [4.69, 9.17) is 10.5 Å². The van der Waals surface area contributed by atoms with E-state index in [-0.39, 0.29) is 11.9 Å². The normalized spacial score (nSPS) is 12.1. The molecule has 0 aliphatic rings. The fraction of sp³-hybridized carbons (Fsp3) is 0.462. The average Bonchev–Trinajstić information content (AvgIpc) is 2.26. The topological polar surface area (TPSA) is 64.3 Å². The molecule has 0 aromatic heterocycles. The highest BCUT2D eigenvalue weighted by molar-refractivity contribution is 5.74. The van der Waals surface area contributed by atoms with Gasteiger partial charge in [-0.25, -0.2) is 0 Å². The molecule has 3 N–H and O–H groups in total. The van der Waals surface area contributed by atoms with Crippen LogP contribution < -0.4 is 15.8 Å². The SMILES string of the molecule is CCOc1cccc(CNC(C)CC(N)=O)c1. The molecule has 1 rings (SSSR count). The molecule has 17 heavy (non-hydrogen) atoms. The van der Waals surface area contributed by atoms with Crippen molar-refractivity contribution in [3.05, 3.63) is 29.8 Å². The molecule has 1 amide bonds. The Balaban J connectivity index is 2.45.